The molecular formula is C8H16N2O3. The fourth-order valence-electron chi connectivity index (χ4n) is 1.14. The van der Waals surface area contributed by atoms with E-state index >= 15 is 0 Å². The summed E-state index contributed by atoms with van der Waals surface area (Å²) in [4.78, 5) is 12.9. The van der Waals surface area contributed by atoms with Gasteiger partial charge in [-0.2, -0.15) is 0 Å². The third-order valence-electron chi connectivity index (χ3n) is 1.97. The molecule has 0 aliphatic carbocycles. The Bertz CT molecular complexity index is 169. The van der Waals surface area contributed by atoms with Crippen molar-refractivity contribution in [2.24, 2.45) is 0 Å². The van der Waals surface area contributed by atoms with Crippen LogP contribution >= 0.6 is 0 Å². The molecule has 0 bridgehead atoms. The standard InChI is InChI=1S/C8H16N2O3/c1-13-3-2-9-4-8(12)10-5-7(11)6-10/h7,9,11H,2-6H2,1H3. The van der Waals surface area contributed by atoms with Crippen LogP contribution in [0.2, 0.25) is 0 Å². The minimum absolute atomic E-state index is 0.0430. The molecule has 0 spiro atoms. The molecular weight excluding hydrogens is 172 g/mol. The summed E-state index contributed by atoms with van der Waals surface area (Å²) in [6.45, 7) is 2.57. The maximum Gasteiger partial charge on any atom is 0.236 e. The first-order valence-electron chi connectivity index (χ1n) is 4.39. The Balaban J connectivity index is 1.99. The number of carbonyl (C=O) groups excluding carboxylic acids is 1. The summed E-state index contributed by atoms with van der Waals surface area (Å²) < 4.78 is 4.81. The van der Waals surface area contributed by atoms with Gasteiger partial charge in [0, 0.05) is 26.7 Å². The van der Waals surface area contributed by atoms with E-state index in [9.17, 15) is 4.79 Å². The second-order valence-corrected chi connectivity index (χ2v) is 3.12. The highest BCUT2D eigenvalue weighted by Crippen LogP contribution is 2.06. The van der Waals surface area contributed by atoms with Crippen molar-refractivity contribution in [3.8, 4) is 0 Å². The average molecular weight is 188 g/mol. The van der Waals surface area contributed by atoms with E-state index in [1.54, 1.807) is 12.0 Å². The normalized spacial score (nSPS) is 17.2. The lowest BCUT2D eigenvalue weighted by atomic mass is 10.2. The van der Waals surface area contributed by atoms with E-state index in [4.69, 9.17) is 9.84 Å². The quantitative estimate of drug-likeness (QED) is 0.511. The van der Waals surface area contributed by atoms with Crippen molar-refractivity contribution < 1.29 is 14.6 Å². The van der Waals surface area contributed by atoms with E-state index in [0.29, 0.717) is 32.8 Å². The number of methoxy groups -OCH3 is 1. The van der Waals surface area contributed by atoms with Crippen molar-refractivity contribution in [1.82, 2.24) is 10.2 Å². The number of likely N-dealkylation sites (tertiary alicyclic amines) is 1. The molecule has 1 aliphatic rings. The highest BCUT2D eigenvalue weighted by Gasteiger charge is 2.27. The maximum absolute atomic E-state index is 11.2. The fraction of sp³-hybridized carbons (Fsp3) is 0.875. The summed E-state index contributed by atoms with van der Waals surface area (Å²) in [5.74, 6) is 0.0430. The lowest BCUT2D eigenvalue weighted by Crippen LogP contribution is -2.55. The minimum atomic E-state index is -0.317. The van der Waals surface area contributed by atoms with Crippen LogP contribution in [0.15, 0.2) is 0 Å². The number of rotatable bonds is 5. The smallest absolute Gasteiger partial charge is 0.236 e. The third-order valence-corrected chi connectivity index (χ3v) is 1.97. The second kappa shape index (κ2) is 5.16. The number of nitrogens with one attached hydrogen (secondary N) is 1. The highest BCUT2D eigenvalue weighted by molar-refractivity contribution is 5.79. The molecule has 0 aromatic heterocycles. The fourth-order valence-corrected chi connectivity index (χ4v) is 1.14. The first-order valence-corrected chi connectivity index (χ1v) is 4.39. The van der Waals surface area contributed by atoms with Crippen molar-refractivity contribution in [1.29, 1.82) is 0 Å². The second-order valence-electron chi connectivity index (χ2n) is 3.12. The molecule has 5 heteroatoms. The Morgan fingerprint density at radius 2 is 2.38 bits per heavy atom. The first-order chi connectivity index (χ1) is 6.24. The van der Waals surface area contributed by atoms with Crippen LogP contribution in [0.4, 0.5) is 0 Å². The van der Waals surface area contributed by atoms with Gasteiger partial charge in [-0.05, 0) is 0 Å². The molecule has 1 saturated heterocycles. The number of amides is 1. The molecule has 0 saturated carbocycles. The zero-order chi connectivity index (χ0) is 9.68. The number of carbonyl (C=O) groups is 1. The first kappa shape index (κ1) is 10.4. The molecule has 0 aromatic carbocycles. The monoisotopic (exact) mass is 188 g/mol. The number of hydrogen-bond donors (Lipinski definition) is 2. The molecule has 1 heterocycles. The molecule has 0 atom stereocenters. The molecule has 1 amide bonds. The van der Waals surface area contributed by atoms with Crippen molar-refractivity contribution in [2.75, 3.05) is 39.9 Å². The minimum Gasteiger partial charge on any atom is -0.389 e. The van der Waals surface area contributed by atoms with Crippen molar-refractivity contribution in [3.63, 3.8) is 0 Å². The largest absolute Gasteiger partial charge is 0.389 e. The van der Waals surface area contributed by atoms with E-state index in [0.717, 1.165) is 0 Å². The summed E-state index contributed by atoms with van der Waals surface area (Å²) in [6, 6.07) is 0. The Morgan fingerprint density at radius 3 is 2.92 bits per heavy atom. The van der Waals surface area contributed by atoms with Gasteiger partial charge in [0.2, 0.25) is 5.91 Å². The Morgan fingerprint density at radius 1 is 1.69 bits per heavy atom. The number of aliphatic hydroxyl groups is 1. The van der Waals surface area contributed by atoms with Gasteiger partial charge in [0.05, 0.1) is 19.3 Å². The topological polar surface area (TPSA) is 61.8 Å². The van der Waals surface area contributed by atoms with Gasteiger partial charge in [-0.15, -0.1) is 0 Å². The van der Waals surface area contributed by atoms with Crippen LogP contribution in [0.5, 0.6) is 0 Å². The zero-order valence-electron chi connectivity index (χ0n) is 7.82. The van der Waals surface area contributed by atoms with E-state index in [1.807, 2.05) is 0 Å². The number of aliphatic hydroxyl groups excluding tert-OH is 1. The molecule has 1 fully saturated rings. The number of nitrogens with zero attached hydrogens (tertiary/aromatic N) is 1. The molecule has 0 aromatic rings. The Kier molecular flexibility index (Phi) is 4.14. The van der Waals surface area contributed by atoms with Crippen LogP contribution in [0.25, 0.3) is 0 Å². The summed E-state index contributed by atoms with van der Waals surface area (Å²) >= 11 is 0. The lowest BCUT2D eigenvalue weighted by Gasteiger charge is -2.35. The van der Waals surface area contributed by atoms with Gasteiger partial charge in [-0.1, -0.05) is 0 Å². The van der Waals surface area contributed by atoms with Crippen LogP contribution < -0.4 is 5.32 Å². The predicted octanol–water partition coefficient (Wildman–Crippen LogP) is -1.57. The van der Waals surface area contributed by atoms with Crippen molar-refractivity contribution in [2.45, 2.75) is 6.10 Å². The molecule has 1 rings (SSSR count). The highest BCUT2D eigenvalue weighted by atomic mass is 16.5. The molecule has 0 radical (unpaired) electrons. The molecule has 76 valence electrons. The van der Waals surface area contributed by atoms with E-state index in [2.05, 4.69) is 5.32 Å². The average Bonchev–Trinajstić information content (AvgIpc) is 2.07. The number of hydrogen-bond acceptors (Lipinski definition) is 4. The van der Waals surface area contributed by atoms with Gasteiger partial charge in [-0.25, -0.2) is 0 Å². The molecule has 0 unspecified atom stereocenters. The van der Waals surface area contributed by atoms with Crippen LogP contribution in [0.3, 0.4) is 0 Å². The van der Waals surface area contributed by atoms with E-state index in [1.165, 1.54) is 0 Å². The van der Waals surface area contributed by atoms with Crippen molar-refractivity contribution in [3.05, 3.63) is 0 Å². The summed E-state index contributed by atoms with van der Waals surface area (Å²) in [5.41, 5.74) is 0. The maximum atomic E-state index is 11.2. The van der Waals surface area contributed by atoms with Crippen molar-refractivity contribution >= 4 is 5.91 Å². The van der Waals surface area contributed by atoms with E-state index in [-0.39, 0.29) is 12.0 Å². The number of ether oxygens (including phenoxy) is 1. The van der Waals surface area contributed by atoms with Gasteiger partial charge < -0.3 is 20.1 Å². The van der Waals surface area contributed by atoms with Crippen LogP contribution in [0.1, 0.15) is 0 Å². The van der Waals surface area contributed by atoms with Gasteiger partial charge >= 0.3 is 0 Å². The SMILES string of the molecule is COCCNCC(=O)N1CC(O)C1. The molecule has 1 aliphatic heterocycles. The summed E-state index contributed by atoms with van der Waals surface area (Å²) in [6.07, 6.45) is -0.317. The summed E-state index contributed by atoms with van der Waals surface area (Å²) in [7, 11) is 1.62. The molecule has 5 nitrogen and oxygen atoms in total. The van der Waals surface area contributed by atoms with Gasteiger partial charge in [0.15, 0.2) is 0 Å². The zero-order valence-corrected chi connectivity index (χ0v) is 7.82. The molecule has 2 N–H and O–H groups in total. The lowest BCUT2D eigenvalue weighted by molar-refractivity contribution is -0.140. The van der Waals surface area contributed by atoms with Crippen LogP contribution in [-0.2, 0) is 9.53 Å². The van der Waals surface area contributed by atoms with Crippen LogP contribution in [-0.4, -0.2) is 61.9 Å². The Labute approximate surface area is 77.7 Å². The predicted molar refractivity (Wildman–Crippen MR) is 47.3 cm³/mol. The molecule has 13 heavy (non-hydrogen) atoms. The third kappa shape index (κ3) is 3.30. The van der Waals surface area contributed by atoms with Gasteiger partial charge in [0.25, 0.3) is 0 Å². The van der Waals surface area contributed by atoms with Crippen LogP contribution in [0, 0.1) is 0 Å². The summed E-state index contributed by atoms with van der Waals surface area (Å²) in [5, 5.41) is 11.9. The van der Waals surface area contributed by atoms with Gasteiger partial charge in [-0.3, -0.25) is 4.79 Å². The number of β-amino-alcohol motifs (C(OH)–C–C–N with tert-alkyl or cyclic N) is 1. The van der Waals surface area contributed by atoms with Gasteiger partial charge in [0.1, 0.15) is 0 Å². The van der Waals surface area contributed by atoms with E-state index < -0.39 is 0 Å². The Hall–Kier alpha value is -0.650.